The smallest absolute Gasteiger partial charge is 0.329 e. The average molecular weight is 520 g/mol. The van der Waals surface area contributed by atoms with Gasteiger partial charge in [-0.3, -0.25) is 9.69 Å². The minimum absolute atomic E-state index is 0.0580. The Kier molecular flexibility index (Phi) is 7.02. The van der Waals surface area contributed by atoms with Gasteiger partial charge in [0.15, 0.2) is 11.5 Å². The topological polar surface area (TPSA) is 67.9 Å². The molecule has 0 spiro atoms. The van der Waals surface area contributed by atoms with Gasteiger partial charge < -0.3 is 14.8 Å². The lowest BCUT2D eigenvalue weighted by Crippen LogP contribution is -2.30. The molecule has 6 nitrogen and oxygen atoms in total. The van der Waals surface area contributed by atoms with Crippen molar-refractivity contribution in [1.82, 2.24) is 10.2 Å². The average Bonchev–Trinajstić information content (AvgIpc) is 2.98. The van der Waals surface area contributed by atoms with Crippen LogP contribution in [0.25, 0.3) is 6.08 Å². The zero-order valence-electron chi connectivity index (χ0n) is 17.5. The highest BCUT2D eigenvalue weighted by molar-refractivity contribution is 14.1. The van der Waals surface area contributed by atoms with Gasteiger partial charge >= 0.3 is 6.03 Å². The molecule has 1 fully saturated rings. The number of benzene rings is 2. The number of aryl methyl sites for hydroxylation is 1. The van der Waals surface area contributed by atoms with Crippen molar-refractivity contribution in [1.29, 1.82) is 0 Å². The van der Waals surface area contributed by atoms with Gasteiger partial charge in [-0.15, -0.1) is 0 Å². The van der Waals surface area contributed by atoms with E-state index in [0.717, 1.165) is 26.7 Å². The number of ether oxygens (including phenoxy) is 2. The molecule has 3 rings (SSSR count). The van der Waals surface area contributed by atoms with Gasteiger partial charge in [0.25, 0.3) is 5.91 Å². The van der Waals surface area contributed by atoms with E-state index >= 15 is 0 Å². The van der Waals surface area contributed by atoms with E-state index in [0.29, 0.717) is 11.5 Å². The summed E-state index contributed by atoms with van der Waals surface area (Å²) in [5.74, 6) is 0.911. The highest BCUT2D eigenvalue weighted by atomic mass is 127. The normalized spacial score (nSPS) is 16.0. The third-order valence-electron chi connectivity index (χ3n) is 4.88. The molecule has 1 saturated heterocycles. The van der Waals surface area contributed by atoms with E-state index < -0.39 is 6.03 Å². The molecule has 158 valence electrons. The molecule has 7 heteroatoms. The van der Waals surface area contributed by atoms with Crippen LogP contribution in [0.5, 0.6) is 11.5 Å². The summed E-state index contributed by atoms with van der Waals surface area (Å²) in [6, 6.07) is 11.0. The molecule has 0 radical (unpaired) electrons. The number of hydrogen-bond donors (Lipinski definition) is 1. The van der Waals surface area contributed by atoms with Crippen LogP contribution in [0.15, 0.2) is 42.1 Å². The van der Waals surface area contributed by atoms with Crippen molar-refractivity contribution in [3.63, 3.8) is 0 Å². The first-order chi connectivity index (χ1) is 14.3. The Balaban J connectivity index is 1.84. The van der Waals surface area contributed by atoms with Crippen LogP contribution in [0.1, 0.15) is 37.0 Å². The number of halogens is 1. The molecule has 0 unspecified atom stereocenters. The summed E-state index contributed by atoms with van der Waals surface area (Å²) in [6.07, 6.45) is 2.60. The van der Waals surface area contributed by atoms with Crippen LogP contribution in [0, 0.1) is 10.5 Å². The SMILES string of the molecule is CC[C@@H](C)Oc1c(I)cc(/C=C2/NC(=O)N(Cc3ccc(C)cc3)C2=O)cc1OC. The molecule has 0 aliphatic carbocycles. The summed E-state index contributed by atoms with van der Waals surface area (Å²) in [4.78, 5) is 26.4. The van der Waals surface area contributed by atoms with Gasteiger partial charge in [0, 0.05) is 0 Å². The minimum Gasteiger partial charge on any atom is -0.493 e. The van der Waals surface area contributed by atoms with Gasteiger partial charge in [-0.1, -0.05) is 36.8 Å². The van der Waals surface area contributed by atoms with Crippen LogP contribution >= 0.6 is 22.6 Å². The van der Waals surface area contributed by atoms with E-state index in [9.17, 15) is 9.59 Å². The van der Waals surface area contributed by atoms with Gasteiger partial charge in [0.2, 0.25) is 0 Å². The fraction of sp³-hybridized carbons (Fsp3) is 0.304. The van der Waals surface area contributed by atoms with Crippen molar-refractivity contribution in [3.8, 4) is 11.5 Å². The van der Waals surface area contributed by atoms with Crippen LogP contribution < -0.4 is 14.8 Å². The molecular formula is C23H25IN2O4. The standard InChI is InChI=1S/C23H25IN2O4/c1-5-15(3)30-21-18(24)10-17(12-20(21)29-4)11-19-22(27)26(23(28)25-19)13-16-8-6-14(2)7-9-16/h6-12,15H,5,13H2,1-4H3,(H,25,28)/b19-11+/t15-/m1/s1. The number of carbonyl (C=O) groups excluding carboxylic acids is 2. The zero-order valence-corrected chi connectivity index (χ0v) is 19.6. The lowest BCUT2D eigenvalue weighted by molar-refractivity contribution is -0.123. The van der Waals surface area contributed by atoms with Crippen LogP contribution in [0.4, 0.5) is 4.79 Å². The van der Waals surface area contributed by atoms with Gasteiger partial charge in [-0.2, -0.15) is 0 Å². The van der Waals surface area contributed by atoms with E-state index in [2.05, 4.69) is 34.8 Å². The van der Waals surface area contributed by atoms with E-state index in [1.807, 2.05) is 44.2 Å². The predicted molar refractivity (Wildman–Crippen MR) is 124 cm³/mol. The molecule has 1 heterocycles. The summed E-state index contributed by atoms with van der Waals surface area (Å²) < 4.78 is 12.3. The summed E-state index contributed by atoms with van der Waals surface area (Å²) in [5.41, 5.74) is 3.00. The van der Waals surface area contributed by atoms with E-state index in [1.165, 1.54) is 4.90 Å². The maximum absolute atomic E-state index is 12.8. The lowest BCUT2D eigenvalue weighted by atomic mass is 10.1. The van der Waals surface area contributed by atoms with Crippen LogP contribution in [0.3, 0.4) is 0 Å². The number of methoxy groups -OCH3 is 1. The van der Waals surface area contributed by atoms with Gasteiger partial charge in [0.1, 0.15) is 5.70 Å². The summed E-state index contributed by atoms with van der Waals surface area (Å²) in [7, 11) is 1.58. The molecule has 2 aromatic rings. The third-order valence-corrected chi connectivity index (χ3v) is 5.68. The Morgan fingerprint density at radius 3 is 2.53 bits per heavy atom. The number of imide groups is 1. The second kappa shape index (κ2) is 9.51. The number of carbonyl (C=O) groups is 2. The van der Waals surface area contributed by atoms with Crippen molar-refractivity contribution < 1.29 is 19.1 Å². The Labute approximate surface area is 190 Å². The molecule has 30 heavy (non-hydrogen) atoms. The second-order valence-corrected chi connectivity index (χ2v) is 8.40. The predicted octanol–water partition coefficient (Wildman–Crippen LogP) is 4.88. The van der Waals surface area contributed by atoms with Gasteiger partial charge in [-0.05, 0) is 72.2 Å². The first-order valence-electron chi connectivity index (χ1n) is 9.76. The van der Waals surface area contributed by atoms with Crippen molar-refractivity contribution in [2.75, 3.05) is 7.11 Å². The van der Waals surface area contributed by atoms with E-state index in [4.69, 9.17) is 9.47 Å². The van der Waals surface area contributed by atoms with E-state index in [-0.39, 0.29) is 24.3 Å². The van der Waals surface area contributed by atoms with Crippen LogP contribution in [-0.2, 0) is 11.3 Å². The maximum Gasteiger partial charge on any atom is 0.329 e. The van der Waals surface area contributed by atoms with Crippen molar-refractivity contribution in [3.05, 3.63) is 62.4 Å². The zero-order chi connectivity index (χ0) is 21.8. The number of nitrogens with zero attached hydrogens (tertiary/aromatic N) is 1. The number of urea groups is 1. The molecule has 1 aliphatic heterocycles. The summed E-state index contributed by atoms with van der Waals surface area (Å²) >= 11 is 2.19. The summed E-state index contributed by atoms with van der Waals surface area (Å²) in [5, 5.41) is 2.67. The van der Waals surface area contributed by atoms with Gasteiger partial charge in [-0.25, -0.2) is 4.79 Å². The first-order valence-corrected chi connectivity index (χ1v) is 10.8. The minimum atomic E-state index is -0.426. The maximum atomic E-state index is 12.8. The highest BCUT2D eigenvalue weighted by Crippen LogP contribution is 2.35. The largest absolute Gasteiger partial charge is 0.493 e. The quantitative estimate of drug-likeness (QED) is 0.321. The number of hydrogen-bond acceptors (Lipinski definition) is 4. The number of rotatable bonds is 7. The van der Waals surface area contributed by atoms with Crippen LogP contribution in [0.2, 0.25) is 0 Å². The molecular weight excluding hydrogens is 495 g/mol. The molecule has 1 aliphatic rings. The molecule has 0 saturated carbocycles. The molecule has 2 aromatic carbocycles. The molecule has 1 atom stereocenters. The fourth-order valence-corrected chi connectivity index (χ4v) is 3.73. The molecule has 3 amide bonds. The fourth-order valence-electron chi connectivity index (χ4n) is 2.98. The van der Waals surface area contributed by atoms with Crippen LogP contribution in [-0.4, -0.2) is 30.1 Å². The molecule has 0 aromatic heterocycles. The van der Waals surface area contributed by atoms with Crippen molar-refractivity contribution in [2.45, 2.75) is 39.8 Å². The number of nitrogens with one attached hydrogen (secondary N) is 1. The Hall–Kier alpha value is -2.55. The first kappa shape index (κ1) is 22.1. The Morgan fingerprint density at radius 1 is 1.20 bits per heavy atom. The van der Waals surface area contributed by atoms with Crippen molar-refractivity contribution >= 4 is 40.6 Å². The molecule has 0 bridgehead atoms. The summed E-state index contributed by atoms with van der Waals surface area (Å²) in [6.45, 7) is 6.28. The van der Waals surface area contributed by atoms with Crippen molar-refractivity contribution in [2.24, 2.45) is 0 Å². The highest BCUT2D eigenvalue weighted by Gasteiger charge is 2.33. The van der Waals surface area contributed by atoms with E-state index in [1.54, 1.807) is 19.3 Å². The second-order valence-electron chi connectivity index (χ2n) is 7.24. The lowest BCUT2D eigenvalue weighted by Gasteiger charge is -2.17. The Bertz CT molecular complexity index is 985. The number of amides is 3. The third kappa shape index (κ3) is 4.95. The monoisotopic (exact) mass is 520 g/mol. The Morgan fingerprint density at radius 2 is 1.90 bits per heavy atom. The van der Waals surface area contributed by atoms with Gasteiger partial charge in [0.05, 0.1) is 23.3 Å². The molecule has 1 N–H and O–H groups in total.